The van der Waals surface area contributed by atoms with Crippen molar-refractivity contribution in [3.63, 3.8) is 0 Å². The van der Waals surface area contributed by atoms with Crippen molar-refractivity contribution in [2.45, 2.75) is 32.4 Å². The van der Waals surface area contributed by atoms with Gasteiger partial charge in [0.2, 0.25) is 0 Å². The van der Waals surface area contributed by atoms with Gasteiger partial charge in [-0.1, -0.05) is 0 Å². The summed E-state index contributed by atoms with van der Waals surface area (Å²) in [5, 5.41) is 11.4. The quantitative estimate of drug-likeness (QED) is 0.688. The van der Waals surface area contributed by atoms with Gasteiger partial charge in [0.15, 0.2) is 0 Å². The lowest BCUT2D eigenvalue weighted by atomic mass is 10.2. The molecule has 2 heterocycles. The highest BCUT2D eigenvalue weighted by molar-refractivity contribution is 4.98. The van der Waals surface area contributed by atoms with Gasteiger partial charge in [-0.25, -0.2) is 0 Å². The van der Waals surface area contributed by atoms with Crippen LogP contribution in [-0.2, 0) is 19.5 Å². The van der Waals surface area contributed by atoms with Crippen molar-refractivity contribution in [1.82, 2.24) is 20.1 Å². The second-order valence-electron chi connectivity index (χ2n) is 3.17. The zero-order valence-corrected chi connectivity index (χ0v) is 7.38. The minimum Gasteiger partial charge on any atom is -0.314 e. The van der Waals surface area contributed by atoms with Crippen LogP contribution in [0.15, 0.2) is 0 Å². The molecule has 0 amide bonds. The van der Waals surface area contributed by atoms with E-state index in [1.165, 1.54) is 12.8 Å². The van der Waals surface area contributed by atoms with Crippen molar-refractivity contribution in [3.8, 4) is 0 Å². The molecule has 2 rings (SSSR count). The fourth-order valence-electron chi connectivity index (χ4n) is 1.66. The normalized spacial score (nSPS) is 16.1. The van der Waals surface area contributed by atoms with Gasteiger partial charge in [0.1, 0.15) is 11.6 Å². The molecule has 0 aliphatic carbocycles. The zero-order chi connectivity index (χ0) is 8.39. The van der Waals surface area contributed by atoms with Crippen LogP contribution in [0.4, 0.5) is 0 Å². The molecule has 1 aliphatic rings. The third-order valence-corrected chi connectivity index (χ3v) is 2.27. The van der Waals surface area contributed by atoms with Crippen LogP contribution in [0, 0.1) is 0 Å². The van der Waals surface area contributed by atoms with E-state index in [1.54, 1.807) is 0 Å². The van der Waals surface area contributed by atoms with Gasteiger partial charge >= 0.3 is 0 Å². The van der Waals surface area contributed by atoms with Crippen LogP contribution < -0.4 is 5.32 Å². The van der Waals surface area contributed by atoms with Crippen molar-refractivity contribution < 1.29 is 0 Å². The smallest absolute Gasteiger partial charge is 0.146 e. The number of rotatable bonds is 2. The van der Waals surface area contributed by atoms with E-state index in [0.717, 1.165) is 31.2 Å². The number of hydrogen-bond donors (Lipinski definition) is 1. The standard InChI is InChI=1S/C8H14N4/c1-9-6-8-11-10-7-4-2-3-5-12(7)8/h9H,2-6H2,1H3. The Morgan fingerprint density at radius 2 is 2.33 bits per heavy atom. The zero-order valence-electron chi connectivity index (χ0n) is 7.38. The molecule has 1 N–H and O–H groups in total. The summed E-state index contributed by atoms with van der Waals surface area (Å²) in [5.74, 6) is 2.23. The molecule has 0 radical (unpaired) electrons. The molecular weight excluding hydrogens is 152 g/mol. The first kappa shape index (κ1) is 7.73. The Kier molecular flexibility index (Phi) is 2.08. The summed E-state index contributed by atoms with van der Waals surface area (Å²) >= 11 is 0. The van der Waals surface area contributed by atoms with Crippen LogP contribution in [-0.4, -0.2) is 21.8 Å². The van der Waals surface area contributed by atoms with Gasteiger partial charge in [-0.3, -0.25) is 0 Å². The molecule has 1 aliphatic heterocycles. The Morgan fingerprint density at radius 3 is 3.17 bits per heavy atom. The highest BCUT2D eigenvalue weighted by Crippen LogP contribution is 2.13. The summed E-state index contributed by atoms with van der Waals surface area (Å²) < 4.78 is 2.24. The molecule has 0 spiro atoms. The minimum atomic E-state index is 0.826. The molecule has 0 fully saturated rings. The Morgan fingerprint density at radius 1 is 1.42 bits per heavy atom. The van der Waals surface area contributed by atoms with E-state index >= 15 is 0 Å². The summed E-state index contributed by atoms with van der Waals surface area (Å²) in [6.45, 7) is 1.92. The van der Waals surface area contributed by atoms with E-state index in [-0.39, 0.29) is 0 Å². The summed E-state index contributed by atoms with van der Waals surface area (Å²) in [4.78, 5) is 0. The Hall–Kier alpha value is -0.900. The lowest BCUT2D eigenvalue weighted by Gasteiger charge is -2.14. The molecule has 12 heavy (non-hydrogen) atoms. The van der Waals surface area contributed by atoms with Gasteiger partial charge in [0, 0.05) is 13.0 Å². The second kappa shape index (κ2) is 3.23. The van der Waals surface area contributed by atoms with E-state index in [2.05, 4.69) is 20.1 Å². The third kappa shape index (κ3) is 1.22. The largest absolute Gasteiger partial charge is 0.314 e. The highest BCUT2D eigenvalue weighted by Gasteiger charge is 2.14. The predicted octanol–water partition coefficient (Wildman–Crippen LogP) is 0.334. The Bertz CT molecular complexity index is 266. The van der Waals surface area contributed by atoms with E-state index < -0.39 is 0 Å². The van der Waals surface area contributed by atoms with Crippen molar-refractivity contribution in [2.75, 3.05) is 7.05 Å². The SMILES string of the molecule is CNCc1nnc2n1CCCC2. The average Bonchev–Trinajstić information content (AvgIpc) is 2.50. The van der Waals surface area contributed by atoms with Crippen molar-refractivity contribution in [3.05, 3.63) is 11.6 Å². The summed E-state index contributed by atoms with van der Waals surface area (Å²) in [6.07, 6.45) is 3.62. The molecule has 0 aromatic carbocycles. The van der Waals surface area contributed by atoms with Crippen molar-refractivity contribution >= 4 is 0 Å². The summed E-state index contributed by atoms with van der Waals surface area (Å²) in [7, 11) is 1.93. The van der Waals surface area contributed by atoms with Gasteiger partial charge in [-0.2, -0.15) is 0 Å². The molecule has 4 nitrogen and oxygen atoms in total. The van der Waals surface area contributed by atoms with Crippen molar-refractivity contribution in [2.24, 2.45) is 0 Å². The fourth-order valence-corrected chi connectivity index (χ4v) is 1.66. The molecule has 4 heteroatoms. The van der Waals surface area contributed by atoms with Gasteiger partial charge in [-0.05, 0) is 19.9 Å². The molecule has 0 saturated carbocycles. The Labute approximate surface area is 72.0 Å². The molecule has 1 aromatic rings. The molecule has 0 bridgehead atoms. The first-order chi connectivity index (χ1) is 5.92. The number of fused-ring (bicyclic) bond motifs is 1. The highest BCUT2D eigenvalue weighted by atomic mass is 15.3. The topological polar surface area (TPSA) is 42.7 Å². The lowest BCUT2D eigenvalue weighted by molar-refractivity contribution is 0.502. The van der Waals surface area contributed by atoms with Crippen LogP contribution in [0.2, 0.25) is 0 Å². The second-order valence-corrected chi connectivity index (χ2v) is 3.17. The molecule has 0 saturated heterocycles. The maximum atomic E-state index is 4.15. The Balaban J connectivity index is 2.25. The minimum absolute atomic E-state index is 0.826. The monoisotopic (exact) mass is 166 g/mol. The van der Waals surface area contributed by atoms with Crippen LogP contribution in [0.5, 0.6) is 0 Å². The van der Waals surface area contributed by atoms with Gasteiger partial charge in [0.05, 0.1) is 6.54 Å². The molecule has 1 aromatic heterocycles. The number of nitrogens with zero attached hydrogens (tertiary/aromatic N) is 3. The fraction of sp³-hybridized carbons (Fsp3) is 0.750. The third-order valence-electron chi connectivity index (χ3n) is 2.27. The van der Waals surface area contributed by atoms with Crippen LogP contribution in [0.3, 0.4) is 0 Å². The molecule has 0 atom stereocenters. The summed E-state index contributed by atoms with van der Waals surface area (Å²) in [5.41, 5.74) is 0. The first-order valence-electron chi connectivity index (χ1n) is 4.47. The first-order valence-corrected chi connectivity index (χ1v) is 4.47. The maximum Gasteiger partial charge on any atom is 0.146 e. The van der Waals surface area contributed by atoms with Gasteiger partial charge in [-0.15, -0.1) is 10.2 Å². The number of aromatic nitrogens is 3. The van der Waals surface area contributed by atoms with E-state index in [9.17, 15) is 0 Å². The van der Waals surface area contributed by atoms with Crippen LogP contribution in [0.25, 0.3) is 0 Å². The number of hydrogen-bond acceptors (Lipinski definition) is 3. The van der Waals surface area contributed by atoms with Crippen molar-refractivity contribution in [1.29, 1.82) is 0 Å². The number of nitrogens with one attached hydrogen (secondary N) is 1. The molecule has 66 valence electrons. The van der Waals surface area contributed by atoms with E-state index in [4.69, 9.17) is 0 Å². The van der Waals surface area contributed by atoms with Crippen LogP contribution in [0.1, 0.15) is 24.5 Å². The van der Waals surface area contributed by atoms with E-state index in [0.29, 0.717) is 0 Å². The average molecular weight is 166 g/mol. The lowest BCUT2D eigenvalue weighted by Crippen LogP contribution is -2.16. The molecular formula is C8H14N4. The van der Waals surface area contributed by atoms with Gasteiger partial charge < -0.3 is 9.88 Å². The van der Waals surface area contributed by atoms with E-state index in [1.807, 2.05) is 7.05 Å². The predicted molar refractivity (Wildman–Crippen MR) is 45.7 cm³/mol. The summed E-state index contributed by atoms with van der Waals surface area (Å²) in [6, 6.07) is 0. The van der Waals surface area contributed by atoms with Gasteiger partial charge in [0.25, 0.3) is 0 Å². The maximum absolute atomic E-state index is 4.15. The molecule has 0 unspecified atom stereocenters. The number of aryl methyl sites for hydroxylation is 1. The van der Waals surface area contributed by atoms with Crippen LogP contribution >= 0.6 is 0 Å².